The van der Waals surface area contributed by atoms with Crippen molar-refractivity contribution in [1.82, 2.24) is 10.2 Å². The minimum Gasteiger partial charge on any atom is -0.309 e. The van der Waals surface area contributed by atoms with Crippen LogP contribution in [-0.2, 0) is 6.54 Å². The van der Waals surface area contributed by atoms with Crippen LogP contribution in [0.5, 0.6) is 0 Å². The molecule has 1 heterocycles. The van der Waals surface area contributed by atoms with Crippen molar-refractivity contribution in [2.45, 2.75) is 19.5 Å². The van der Waals surface area contributed by atoms with E-state index in [9.17, 15) is 4.39 Å². The number of hydrogen-bond acceptors (Lipinski definition) is 3. The smallest absolute Gasteiger partial charge is 0.131 e. The van der Waals surface area contributed by atoms with Gasteiger partial charge in [-0.15, -0.1) is 11.3 Å². The Hall–Kier alpha value is -1.23. The van der Waals surface area contributed by atoms with Gasteiger partial charge in [-0.25, -0.2) is 4.39 Å². The van der Waals surface area contributed by atoms with Gasteiger partial charge in [-0.1, -0.05) is 12.1 Å². The third-order valence-corrected chi connectivity index (χ3v) is 4.01. The van der Waals surface area contributed by atoms with Gasteiger partial charge in [-0.3, -0.25) is 0 Å². The van der Waals surface area contributed by atoms with Crippen molar-refractivity contribution in [3.05, 3.63) is 47.1 Å². The van der Waals surface area contributed by atoms with Crippen molar-refractivity contribution in [3.8, 4) is 10.4 Å². The lowest BCUT2D eigenvalue weighted by molar-refractivity contribution is 0.349. The molecule has 2 nitrogen and oxygen atoms in total. The van der Waals surface area contributed by atoms with Crippen LogP contribution in [0.1, 0.15) is 12.5 Å². The van der Waals surface area contributed by atoms with Crippen molar-refractivity contribution >= 4 is 11.3 Å². The summed E-state index contributed by atoms with van der Waals surface area (Å²) in [6.07, 6.45) is 0. The summed E-state index contributed by atoms with van der Waals surface area (Å²) in [7, 11) is 4.12. The summed E-state index contributed by atoms with van der Waals surface area (Å²) in [5.74, 6) is -0.155. The molecule has 1 aromatic carbocycles. The summed E-state index contributed by atoms with van der Waals surface area (Å²) < 4.78 is 13.9. The summed E-state index contributed by atoms with van der Waals surface area (Å²) in [5, 5.41) is 5.43. The second-order valence-electron chi connectivity index (χ2n) is 5.34. The van der Waals surface area contributed by atoms with Gasteiger partial charge in [-0.2, -0.15) is 0 Å². The Morgan fingerprint density at radius 1 is 1.30 bits per heavy atom. The van der Waals surface area contributed by atoms with Crippen molar-refractivity contribution in [3.63, 3.8) is 0 Å². The molecule has 0 bridgehead atoms. The number of halogens is 1. The fourth-order valence-electron chi connectivity index (χ4n) is 2.21. The predicted octanol–water partition coefficient (Wildman–Crippen LogP) is 3.59. The van der Waals surface area contributed by atoms with E-state index in [2.05, 4.69) is 31.2 Å². The zero-order valence-electron chi connectivity index (χ0n) is 12.2. The molecule has 0 fully saturated rings. The highest BCUT2D eigenvalue weighted by atomic mass is 32.1. The first kappa shape index (κ1) is 15.2. The first-order chi connectivity index (χ1) is 9.56. The lowest BCUT2D eigenvalue weighted by Gasteiger charge is -2.18. The van der Waals surface area contributed by atoms with E-state index in [1.165, 1.54) is 0 Å². The fourth-order valence-corrected chi connectivity index (χ4v) is 2.95. The minimum atomic E-state index is -0.155. The van der Waals surface area contributed by atoms with Gasteiger partial charge in [0.1, 0.15) is 5.82 Å². The van der Waals surface area contributed by atoms with Crippen molar-refractivity contribution in [2.75, 3.05) is 20.6 Å². The maximum Gasteiger partial charge on any atom is 0.131 e. The van der Waals surface area contributed by atoms with E-state index in [-0.39, 0.29) is 5.82 Å². The lowest BCUT2D eigenvalue weighted by atomic mass is 10.1. The summed E-state index contributed by atoms with van der Waals surface area (Å²) in [6, 6.07) is 9.65. The summed E-state index contributed by atoms with van der Waals surface area (Å²) in [6.45, 7) is 3.90. The van der Waals surface area contributed by atoms with E-state index in [4.69, 9.17) is 0 Å². The maximum absolute atomic E-state index is 13.9. The molecule has 4 heteroatoms. The minimum absolute atomic E-state index is 0.155. The van der Waals surface area contributed by atoms with E-state index in [1.807, 2.05) is 29.6 Å². The molecule has 0 aliphatic heterocycles. The molecule has 1 unspecified atom stereocenters. The van der Waals surface area contributed by atoms with Crippen LogP contribution in [0.15, 0.2) is 35.7 Å². The highest BCUT2D eigenvalue weighted by Gasteiger charge is 2.08. The highest BCUT2D eigenvalue weighted by Crippen LogP contribution is 2.28. The third kappa shape index (κ3) is 4.13. The van der Waals surface area contributed by atoms with E-state index in [0.717, 1.165) is 23.5 Å². The van der Waals surface area contributed by atoms with E-state index in [0.29, 0.717) is 11.6 Å². The Kier molecular flexibility index (Phi) is 5.29. The number of nitrogens with one attached hydrogen (secondary N) is 1. The molecule has 1 atom stereocenters. The van der Waals surface area contributed by atoms with Crippen LogP contribution in [-0.4, -0.2) is 31.6 Å². The molecule has 108 valence electrons. The summed E-state index contributed by atoms with van der Waals surface area (Å²) in [5.41, 5.74) is 1.81. The van der Waals surface area contributed by atoms with Crippen LogP contribution in [0.2, 0.25) is 0 Å². The van der Waals surface area contributed by atoms with E-state index in [1.54, 1.807) is 17.4 Å². The molecule has 1 N–H and O–H groups in total. The number of hydrogen-bond donors (Lipinski definition) is 1. The fraction of sp³-hybridized carbons (Fsp3) is 0.375. The molecule has 2 rings (SSSR count). The van der Waals surface area contributed by atoms with Gasteiger partial charge >= 0.3 is 0 Å². The van der Waals surface area contributed by atoms with Gasteiger partial charge in [0.05, 0.1) is 0 Å². The third-order valence-electron chi connectivity index (χ3n) is 3.11. The zero-order chi connectivity index (χ0) is 14.5. The van der Waals surface area contributed by atoms with Gasteiger partial charge in [0.25, 0.3) is 0 Å². The number of rotatable bonds is 6. The topological polar surface area (TPSA) is 15.3 Å². The average Bonchev–Trinajstić information content (AvgIpc) is 2.90. The first-order valence-corrected chi connectivity index (χ1v) is 7.64. The molecular weight excluding hydrogens is 271 g/mol. The SMILES string of the molecule is CC(CN(C)C)NCc1ccc(F)c(-c2cccs2)c1. The zero-order valence-corrected chi connectivity index (χ0v) is 13.0. The summed E-state index contributed by atoms with van der Waals surface area (Å²) in [4.78, 5) is 3.13. The predicted molar refractivity (Wildman–Crippen MR) is 84.6 cm³/mol. The normalized spacial score (nSPS) is 12.8. The van der Waals surface area contributed by atoms with Crippen LogP contribution >= 0.6 is 11.3 Å². The van der Waals surface area contributed by atoms with Crippen molar-refractivity contribution in [2.24, 2.45) is 0 Å². The monoisotopic (exact) mass is 292 g/mol. The standard InChI is InChI=1S/C16H21FN2S/c1-12(11-19(2)3)18-10-13-6-7-15(17)14(9-13)16-5-4-8-20-16/h4-9,12,18H,10-11H2,1-3H3. The molecule has 0 saturated carbocycles. The van der Waals surface area contributed by atoms with Crippen LogP contribution in [0, 0.1) is 5.82 Å². The molecule has 0 saturated heterocycles. The van der Waals surface area contributed by atoms with E-state index >= 15 is 0 Å². The Morgan fingerprint density at radius 2 is 2.10 bits per heavy atom. The van der Waals surface area contributed by atoms with Gasteiger partial charge in [0, 0.05) is 29.6 Å². The molecule has 0 aliphatic rings. The molecular formula is C16H21FN2S. The van der Waals surface area contributed by atoms with Crippen LogP contribution in [0.25, 0.3) is 10.4 Å². The molecule has 0 aliphatic carbocycles. The number of thiophene rings is 1. The first-order valence-electron chi connectivity index (χ1n) is 6.76. The number of benzene rings is 1. The van der Waals surface area contributed by atoms with Crippen LogP contribution in [0.3, 0.4) is 0 Å². The van der Waals surface area contributed by atoms with Crippen molar-refractivity contribution < 1.29 is 4.39 Å². The highest BCUT2D eigenvalue weighted by molar-refractivity contribution is 7.13. The maximum atomic E-state index is 13.9. The van der Waals surface area contributed by atoms with Gasteiger partial charge < -0.3 is 10.2 Å². The second kappa shape index (κ2) is 6.97. The second-order valence-corrected chi connectivity index (χ2v) is 6.28. The Balaban J connectivity index is 2.05. The van der Waals surface area contributed by atoms with Gasteiger partial charge in [0.2, 0.25) is 0 Å². The average molecular weight is 292 g/mol. The number of nitrogens with zero attached hydrogens (tertiary/aromatic N) is 1. The quantitative estimate of drug-likeness (QED) is 0.875. The molecule has 0 amide bonds. The van der Waals surface area contributed by atoms with Gasteiger partial charge in [-0.05, 0) is 50.2 Å². The number of likely N-dealkylation sites (N-methyl/N-ethyl adjacent to an activating group) is 1. The van der Waals surface area contributed by atoms with Crippen LogP contribution < -0.4 is 5.32 Å². The van der Waals surface area contributed by atoms with Gasteiger partial charge in [0.15, 0.2) is 0 Å². The Labute approximate surface area is 124 Å². The largest absolute Gasteiger partial charge is 0.309 e. The molecule has 20 heavy (non-hydrogen) atoms. The molecule has 0 spiro atoms. The van der Waals surface area contributed by atoms with Crippen LogP contribution in [0.4, 0.5) is 4.39 Å². The Morgan fingerprint density at radius 3 is 2.75 bits per heavy atom. The lowest BCUT2D eigenvalue weighted by Crippen LogP contribution is -2.35. The summed E-state index contributed by atoms with van der Waals surface area (Å²) >= 11 is 1.56. The molecule has 1 aromatic heterocycles. The van der Waals surface area contributed by atoms with Crippen molar-refractivity contribution in [1.29, 1.82) is 0 Å². The molecule has 2 aromatic rings. The molecule has 0 radical (unpaired) electrons. The van der Waals surface area contributed by atoms with E-state index < -0.39 is 0 Å². The Bertz CT molecular complexity index is 537.